The molecule has 1 aliphatic rings. The van der Waals surface area contributed by atoms with Gasteiger partial charge in [-0.2, -0.15) is 4.98 Å². The van der Waals surface area contributed by atoms with Crippen LogP contribution < -0.4 is 15.4 Å². The van der Waals surface area contributed by atoms with Crippen LogP contribution >= 0.6 is 0 Å². The molecule has 5 rings (SSSR count). The molecule has 4 heterocycles. The fourth-order valence-corrected chi connectivity index (χ4v) is 4.54. The van der Waals surface area contributed by atoms with Crippen LogP contribution in [0, 0.1) is 5.82 Å². The molecule has 0 aliphatic heterocycles. The lowest BCUT2D eigenvalue weighted by molar-refractivity contribution is 0.0681. The summed E-state index contributed by atoms with van der Waals surface area (Å²) in [5, 5.41) is 10.6. The molecule has 0 unspecified atom stereocenters. The molecule has 0 bridgehead atoms. The van der Waals surface area contributed by atoms with Crippen LogP contribution in [0.4, 0.5) is 10.3 Å². The zero-order valence-corrected chi connectivity index (χ0v) is 19.2. The van der Waals surface area contributed by atoms with Gasteiger partial charge in [0.05, 0.1) is 19.4 Å². The minimum atomic E-state index is -0.545. The predicted octanol–water partition coefficient (Wildman–Crippen LogP) is 2.92. The third kappa shape index (κ3) is 3.81. The van der Waals surface area contributed by atoms with E-state index in [1.54, 1.807) is 24.0 Å². The van der Waals surface area contributed by atoms with Gasteiger partial charge in [0, 0.05) is 43.7 Å². The molecule has 4 aromatic rings. The number of pyridine rings is 1. The quantitative estimate of drug-likeness (QED) is 0.449. The molecule has 1 fully saturated rings. The zero-order valence-electron chi connectivity index (χ0n) is 19.2. The summed E-state index contributed by atoms with van der Waals surface area (Å²) < 4.78 is 29.0. The first-order valence-corrected chi connectivity index (χ1v) is 11.1. The molecular weight excluding hydrogens is 441 g/mol. The van der Waals surface area contributed by atoms with E-state index in [1.807, 2.05) is 6.07 Å². The molecule has 1 amide bonds. The average molecular weight is 468 g/mol. The van der Waals surface area contributed by atoms with Crippen LogP contribution in [0.3, 0.4) is 0 Å². The van der Waals surface area contributed by atoms with Gasteiger partial charge in [0.2, 0.25) is 11.8 Å². The molecule has 1 saturated carbocycles. The third-order valence-corrected chi connectivity index (χ3v) is 6.34. The maximum absolute atomic E-state index is 14.9. The van der Waals surface area contributed by atoms with Crippen LogP contribution in [-0.4, -0.2) is 63.3 Å². The maximum Gasteiger partial charge on any atom is 0.269 e. The number of halogens is 1. The van der Waals surface area contributed by atoms with E-state index in [0.717, 1.165) is 25.7 Å². The Morgan fingerprint density at radius 1 is 1.24 bits per heavy atom. The third-order valence-electron chi connectivity index (χ3n) is 6.34. The number of amides is 1. The van der Waals surface area contributed by atoms with E-state index in [1.165, 1.54) is 30.8 Å². The van der Waals surface area contributed by atoms with Crippen molar-refractivity contribution in [1.82, 2.24) is 29.3 Å². The Labute approximate surface area is 195 Å². The minimum absolute atomic E-state index is 0.0729. The standard InChI is InChI=1S/C23H26FN7O3/c1-25-21(32)18-11-26-20-17(24)10-13(12-30(18)20)16-8-9-31-19(16)22(34-3)28-23(29-31)27-14-4-6-15(33-2)7-5-14/h8-12,14-15H,4-7H2,1-3H3,(H,25,32)(H,27,29)/t14-,15+. The molecule has 1 aliphatic carbocycles. The summed E-state index contributed by atoms with van der Waals surface area (Å²) in [6.07, 6.45) is 9.01. The lowest BCUT2D eigenvalue weighted by Crippen LogP contribution is -2.30. The molecule has 10 nitrogen and oxygen atoms in total. The zero-order chi connectivity index (χ0) is 23.8. The molecule has 178 valence electrons. The van der Waals surface area contributed by atoms with Gasteiger partial charge in [-0.3, -0.25) is 9.20 Å². The van der Waals surface area contributed by atoms with Crippen molar-refractivity contribution in [2.75, 3.05) is 26.6 Å². The first kappa shape index (κ1) is 22.1. The van der Waals surface area contributed by atoms with E-state index in [9.17, 15) is 9.18 Å². The summed E-state index contributed by atoms with van der Waals surface area (Å²) in [5.41, 5.74) is 2.11. The van der Waals surface area contributed by atoms with Crippen molar-refractivity contribution in [2.24, 2.45) is 0 Å². The Balaban J connectivity index is 1.53. The van der Waals surface area contributed by atoms with Gasteiger partial charge in [0.1, 0.15) is 11.2 Å². The number of aromatic nitrogens is 5. The largest absolute Gasteiger partial charge is 0.479 e. The van der Waals surface area contributed by atoms with Crippen molar-refractivity contribution in [2.45, 2.75) is 37.8 Å². The number of nitrogens with zero attached hydrogens (tertiary/aromatic N) is 5. The van der Waals surface area contributed by atoms with Gasteiger partial charge in [-0.15, -0.1) is 5.10 Å². The summed E-state index contributed by atoms with van der Waals surface area (Å²) >= 11 is 0. The van der Waals surface area contributed by atoms with Crippen LogP contribution in [0.1, 0.15) is 36.2 Å². The SMILES string of the molecule is CNC(=O)c1cnc2c(F)cc(-c3ccn4nc(N[C@H]5CC[C@@H](OC)CC5)nc(OC)c34)cn12. The van der Waals surface area contributed by atoms with Crippen LogP contribution in [0.25, 0.3) is 22.3 Å². The second kappa shape index (κ2) is 8.90. The Kier molecular flexibility index (Phi) is 5.78. The fraction of sp³-hybridized carbons (Fsp3) is 0.391. The summed E-state index contributed by atoms with van der Waals surface area (Å²) in [4.78, 5) is 20.8. The van der Waals surface area contributed by atoms with Gasteiger partial charge < -0.3 is 20.1 Å². The summed E-state index contributed by atoms with van der Waals surface area (Å²) in [5.74, 6) is -0.0787. The number of imidazole rings is 1. The van der Waals surface area contributed by atoms with Gasteiger partial charge in [-0.25, -0.2) is 13.9 Å². The number of nitrogens with one attached hydrogen (secondary N) is 2. The normalized spacial score (nSPS) is 18.4. The minimum Gasteiger partial charge on any atom is -0.479 e. The van der Waals surface area contributed by atoms with Gasteiger partial charge in [-0.05, 0) is 37.8 Å². The average Bonchev–Trinajstić information content (AvgIpc) is 3.48. The van der Waals surface area contributed by atoms with Crippen molar-refractivity contribution >= 4 is 23.0 Å². The number of hydrogen-bond donors (Lipinski definition) is 2. The first-order valence-electron chi connectivity index (χ1n) is 11.1. The van der Waals surface area contributed by atoms with Crippen molar-refractivity contribution in [3.05, 3.63) is 42.2 Å². The number of carbonyl (C=O) groups is 1. The Bertz CT molecular complexity index is 1360. The Hall–Kier alpha value is -3.73. The van der Waals surface area contributed by atoms with Crippen molar-refractivity contribution in [3.8, 4) is 17.0 Å². The number of fused-ring (bicyclic) bond motifs is 2. The van der Waals surface area contributed by atoms with E-state index >= 15 is 0 Å². The predicted molar refractivity (Wildman–Crippen MR) is 124 cm³/mol. The first-order chi connectivity index (χ1) is 16.5. The second-order valence-corrected chi connectivity index (χ2v) is 8.31. The monoisotopic (exact) mass is 467 g/mol. The number of methoxy groups -OCH3 is 2. The molecular formula is C23H26FN7O3. The van der Waals surface area contributed by atoms with Crippen molar-refractivity contribution in [3.63, 3.8) is 0 Å². The van der Waals surface area contributed by atoms with E-state index in [4.69, 9.17) is 9.47 Å². The van der Waals surface area contributed by atoms with E-state index in [-0.39, 0.29) is 23.3 Å². The molecule has 0 atom stereocenters. The highest BCUT2D eigenvalue weighted by Gasteiger charge is 2.23. The number of carbonyl (C=O) groups excluding carboxylic acids is 1. The topological polar surface area (TPSA) is 107 Å². The van der Waals surface area contributed by atoms with Crippen LogP contribution in [0.15, 0.2) is 30.7 Å². The van der Waals surface area contributed by atoms with E-state index in [0.29, 0.717) is 34.6 Å². The van der Waals surface area contributed by atoms with Crippen LogP contribution in [-0.2, 0) is 4.74 Å². The smallest absolute Gasteiger partial charge is 0.269 e. The Morgan fingerprint density at radius 2 is 2.03 bits per heavy atom. The van der Waals surface area contributed by atoms with Crippen molar-refractivity contribution < 1.29 is 18.7 Å². The van der Waals surface area contributed by atoms with Gasteiger partial charge in [0.15, 0.2) is 11.5 Å². The molecule has 0 saturated heterocycles. The molecule has 2 N–H and O–H groups in total. The number of rotatable bonds is 6. The summed E-state index contributed by atoms with van der Waals surface area (Å²) in [6.45, 7) is 0. The maximum atomic E-state index is 14.9. The summed E-state index contributed by atoms with van der Waals surface area (Å²) in [7, 11) is 4.80. The highest BCUT2D eigenvalue weighted by atomic mass is 19.1. The summed E-state index contributed by atoms with van der Waals surface area (Å²) in [6, 6.07) is 3.45. The van der Waals surface area contributed by atoms with Gasteiger partial charge >= 0.3 is 0 Å². The number of ether oxygens (including phenoxy) is 2. The molecule has 0 aromatic carbocycles. The molecule has 0 spiro atoms. The van der Waals surface area contributed by atoms with Crippen LogP contribution in [0.2, 0.25) is 0 Å². The van der Waals surface area contributed by atoms with E-state index in [2.05, 4.69) is 25.7 Å². The highest BCUT2D eigenvalue weighted by molar-refractivity contribution is 5.93. The van der Waals surface area contributed by atoms with Crippen molar-refractivity contribution in [1.29, 1.82) is 0 Å². The molecule has 34 heavy (non-hydrogen) atoms. The second-order valence-electron chi connectivity index (χ2n) is 8.31. The lowest BCUT2D eigenvalue weighted by Gasteiger charge is -2.28. The van der Waals surface area contributed by atoms with Gasteiger partial charge in [0.25, 0.3) is 5.91 Å². The fourth-order valence-electron chi connectivity index (χ4n) is 4.54. The molecule has 11 heteroatoms. The number of hydrogen-bond acceptors (Lipinski definition) is 7. The Morgan fingerprint density at radius 3 is 2.74 bits per heavy atom. The lowest BCUT2D eigenvalue weighted by atomic mass is 9.93. The van der Waals surface area contributed by atoms with Crippen LogP contribution in [0.5, 0.6) is 5.88 Å². The number of anilines is 1. The molecule has 4 aromatic heterocycles. The highest BCUT2D eigenvalue weighted by Crippen LogP contribution is 2.33. The van der Waals surface area contributed by atoms with Gasteiger partial charge in [-0.1, -0.05) is 0 Å². The molecule has 0 radical (unpaired) electrons. The van der Waals surface area contributed by atoms with E-state index < -0.39 is 5.82 Å².